The van der Waals surface area contributed by atoms with Crippen molar-refractivity contribution in [1.82, 2.24) is 25.0 Å². The van der Waals surface area contributed by atoms with Gasteiger partial charge in [0.05, 0.1) is 18.9 Å². The van der Waals surface area contributed by atoms with Crippen LogP contribution in [0, 0.1) is 11.3 Å². The second kappa shape index (κ2) is 18.3. The molecule has 2 fully saturated rings. The smallest absolute Gasteiger partial charge is 0.246 e. The summed E-state index contributed by atoms with van der Waals surface area (Å²) in [5, 5.41) is 13.1. The van der Waals surface area contributed by atoms with Crippen molar-refractivity contribution in [3.05, 3.63) is 101 Å². The van der Waals surface area contributed by atoms with E-state index in [1.807, 2.05) is 60.7 Å². The number of ketones is 1. The van der Waals surface area contributed by atoms with Crippen LogP contribution >= 0.6 is 11.3 Å². The number of benzene rings is 3. The molecule has 6 rings (SSSR count). The Morgan fingerprint density at radius 3 is 2.53 bits per heavy atom. The molecule has 12 heteroatoms. The van der Waals surface area contributed by atoms with E-state index >= 15 is 0 Å². The van der Waals surface area contributed by atoms with Gasteiger partial charge in [0.1, 0.15) is 12.6 Å². The number of Topliss-reactive ketones (excluding diaryl/α,β-unsaturated/α-hetero) is 1. The Morgan fingerprint density at radius 2 is 1.80 bits per heavy atom. The molecule has 0 bridgehead atoms. The van der Waals surface area contributed by atoms with E-state index in [9.17, 15) is 19.2 Å². The number of nitrogens with two attached hydrogens (primary N) is 1. The van der Waals surface area contributed by atoms with Gasteiger partial charge in [0, 0.05) is 31.1 Å². The molecule has 2 aliphatic heterocycles. The van der Waals surface area contributed by atoms with Crippen LogP contribution in [0.1, 0.15) is 46.6 Å². The van der Waals surface area contributed by atoms with Crippen molar-refractivity contribution < 1.29 is 19.2 Å². The molecule has 0 aliphatic carbocycles. The molecule has 1 aromatic heterocycles. The predicted octanol–water partition coefficient (Wildman–Crippen LogP) is 4.16. The molecule has 2 aliphatic rings. The predicted molar refractivity (Wildman–Crippen MR) is 201 cm³/mol. The van der Waals surface area contributed by atoms with Crippen LogP contribution in [0.3, 0.4) is 0 Å². The van der Waals surface area contributed by atoms with Gasteiger partial charge in [0.2, 0.25) is 23.5 Å². The lowest BCUT2D eigenvalue weighted by molar-refractivity contribution is -0.157. The molecule has 4 aromatic rings. The highest BCUT2D eigenvalue weighted by molar-refractivity contribution is 7.11. The Bertz CT molecular complexity index is 1780. The number of nitrogens with zero attached hydrogens (tertiary/aromatic N) is 4. The Labute approximate surface area is 303 Å². The van der Waals surface area contributed by atoms with Gasteiger partial charge >= 0.3 is 0 Å². The number of hydrogen-bond donors (Lipinski definition) is 3. The monoisotopic (exact) mass is 709 g/mol. The number of amides is 3. The lowest BCUT2D eigenvalue weighted by Crippen LogP contribution is -2.62. The first-order valence-electron chi connectivity index (χ1n) is 17.5. The summed E-state index contributed by atoms with van der Waals surface area (Å²) >= 11 is 1.26. The Balaban J connectivity index is 0.00000162. The highest BCUT2D eigenvalue weighted by atomic mass is 32.1. The summed E-state index contributed by atoms with van der Waals surface area (Å²) in [6.07, 6.45) is 6.66. The fourth-order valence-electron chi connectivity index (χ4n) is 7.06. The molecule has 0 radical (unpaired) electrons. The number of rotatable bonds is 13. The third-order valence-corrected chi connectivity index (χ3v) is 10.3. The average Bonchev–Trinajstić information content (AvgIpc) is 3.67. The second-order valence-electron chi connectivity index (χ2n) is 13.3. The molecule has 2 saturated heterocycles. The van der Waals surface area contributed by atoms with Crippen molar-refractivity contribution in [2.24, 2.45) is 11.7 Å². The van der Waals surface area contributed by atoms with E-state index in [1.54, 1.807) is 16.5 Å². The van der Waals surface area contributed by atoms with Crippen molar-refractivity contribution >= 4 is 52.0 Å². The first-order chi connectivity index (χ1) is 24.7. The van der Waals surface area contributed by atoms with Gasteiger partial charge in [0.15, 0.2) is 5.01 Å². The first-order valence-corrected chi connectivity index (χ1v) is 18.4. The first kappa shape index (κ1) is 37.3. The zero-order valence-corrected chi connectivity index (χ0v) is 29.9. The zero-order chi connectivity index (χ0) is 36.2. The largest absolute Gasteiger partial charge is 0.390 e. The molecular formula is C39H47N7O4S. The SMILES string of the molecule is CN1CCCC(C[C@H](NC(=O)CN2C(=O)CN(CCCc3ccccc3)C(=O)[C@@H]2Cc2ccc3ccccc3c2)C(=O)c2nccs2)C1.N=CN. The lowest BCUT2D eigenvalue weighted by atomic mass is 9.90. The molecule has 3 heterocycles. The van der Waals surface area contributed by atoms with Gasteiger partial charge in [-0.3, -0.25) is 24.6 Å². The molecule has 0 saturated carbocycles. The summed E-state index contributed by atoms with van der Waals surface area (Å²) in [6.45, 7) is 1.94. The quantitative estimate of drug-likeness (QED) is 0.107. The summed E-state index contributed by atoms with van der Waals surface area (Å²) in [5.41, 5.74) is 6.48. The highest BCUT2D eigenvalue weighted by Crippen LogP contribution is 2.24. The molecule has 3 amide bonds. The third-order valence-electron chi connectivity index (χ3n) is 9.50. The van der Waals surface area contributed by atoms with Gasteiger partial charge < -0.3 is 25.8 Å². The van der Waals surface area contributed by atoms with Gasteiger partial charge in [0.25, 0.3) is 0 Å². The highest BCUT2D eigenvalue weighted by Gasteiger charge is 2.40. The molecule has 4 N–H and O–H groups in total. The molecule has 3 aromatic carbocycles. The van der Waals surface area contributed by atoms with Crippen LogP contribution in [0.4, 0.5) is 0 Å². The van der Waals surface area contributed by atoms with Crippen LogP contribution in [0.15, 0.2) is 84.4 Å². The third kappa shape index (κ3) is 10.3. The van der Waals surface area contributed by atoms with E-state index in [-0.39, 0.29) is 43.0 Å². The normalized spacial score (nSPS) is 18.5. The fraction of sp³-hybridized carbons (Fsp3) is 0.385. The van der Waals surface area contributed by atoms with E-state index in [0.717, 1.165) is 61.4 Å². The fourth-order valence-corrected chi connectivity index (χ4v) is 7.69. The van der Waals surface area contributed by atoms with Crippen LogP contribution in [-0.2, 0) is 27.2 Å². The number of carbonyl (C=O) groups is 4. The lowest BCUT2D eigenvalue weighted by Gasteiger charge is -2.40. The summed E-state index contributed by atoms with van der Waals surface area (Å²) < 4.78 is 0. The number of aryl methyl sites for hydroxylation is 1. The van der Waals surface area contributed by atoms with Crippen molar-refractivity contribution in [3.8, 4) is 0 Å². The average molecular weight is 710 g/mol. The molecular weight excluding hydrogens is 663 g/mol. The van der Waals surface area contributed by atoms with Crippen molar-refractivity contribution in [3.63, 3.8) is 0 Å². The van der Waals surface area contributed by atoms with Crippen LogP contribution in [0.2, 0.25) is 0 Å². The molecule has 1 unspecified atom stereocenters. The topological polar surface area (TPSA) is 153 Å². The van der Waals surface area contributed by atoms with E-state index in [4.69, 9.17) is 5.41 Å². The molecule has 268 valence electrons. The van der Waals surface area contributed by atoms with Crippen molar-refractivity contribution in [1.29, 1.82) is 5.41 Å². The van der Waals surface area contributed by atoms with Crippen molar-refractivity contribution in [2.75, 3.05) is 39.8 Å². The summed E-state index contributed by atoms with van der Waals surface area (Å²) in [7, 11) is 2.07. The van der Waals surface area contributed by atoms with E-state index < -0.39 is 18.0 Å². The number of thiazole rings is 1. The maximum absolute atomic E-state index is 14.1. The molecule has 11 nitrogen and oxygen atoms in total. The number of fused-ring (bicyclic) bond motifs is 1. The number of piperazine rings is 1. The van der Waals surface area contributed by atoms with E-state index in [1.165, 1.54) is 21.8 Å². The van der Waals surface area contributed by atoms with Crippen LogP contribution in [0.5, 0.6) is 0 Å². The van der Waals surface area contributed by atoms with Crippen LogP contribution < -0.4 is 11.1 Å². The number of nitrogens with one attached hydrogen (secondary N) is 2. The maximum atomic E-state index is 14.1. The maximum Gasteiger partial charge on any atom is 0.246 e. The number of likely N-dealkylation sites (tertiary alicyclic amines) is 1. The molecule has 0 spiro atoms. The Kier molecular flexibility index (Phi) is 13.4. The van der Waals surface area contributed by atoms with Crippen molar-refractivity contribution in [2.45, 2.75) is 50.6 Å². The van der Waals surface area contributed by atoms with Crippen LogP contribution in [-0.4, -0.2) is 101 Å². The zero-order valence-electron chi connectivity index (χ0n) is 29.1. The van der Waals surface area contributed by atoms with Gasteiger partial charge in [-0.25, -0.2) is 4.98 Å². The number of piperidine rings is 1. The van der Waals surface area contributed by atoms with E-state index in [0.29, 0.717) is 18.0 Å². The van der Waals surface area contributed by atoms with Gasteiger partial charge in [-0.1, -0.05) is 72.8 Å². The molecule has 51 heavy (non-hydrogen) atoms. The van der Waals surface area contributed by atoms with Gasteiger partial charge in [-0.05, 0) is 73.5 Å². The summed E-state index contributed by atoms with van der Waals surface area (Å²) in [5.74, 6) is -0.848. The molecule has 3 atom stereocenters. The standard InChI is InChI=1S/C38H43N5O4S.CH4N2/c1-41-18-7-12-29(24-41)22-32(36(46)37-39-17-20-48-37)40-34(44)25-43-33(23-28-15-16-30-13-5-6-14-31(30)21-28)38(47)42(26-35(43)45)19-8-11-27-9-3-2-4-10-27;2-1-3/h2-6,9-10,13-17,20-21,29,32-33H,7-8,11-12,18-19,22-26H2,1H3,(H,40,44);1H,(H3,2,3)/t29?,32-,33-;/m0./s1. The number of aromatic nitrogens is 1. The summed E-state index contributed by atoms with van der Waals surface area (Å²) in [6, 6.07) is 22.6. The number of carbonyl (C=O) groups excluding carboxylic acids is 4. The van der Waals surface area contributed by atoms with Gasteiger partial charge in [-0.2, -0.15) is 0 Å². The minimum absolute atomic E-state index is 0.0784. The van der Waals surface area contributed by atoms with Crippen LogP contribution in [0.25, 0.3) is 10.8 Å². The van der Waals surface area contributed by atoms with E-state index in [2.05, 4.69) is 40.1 Å². The van der Waals surface area contributed by atoms with Gasteiger partial charge in [-0.15, -0.1) is 11.3 Å². The second-order valence-corrected chi connectivity index (χ2v) is 14.2. The Morgan fingerprint density at radius 1 is 1.06 bits per heavy atom. The summed E-state index contributed by atoms with van der Waals surface area (Å²) in [4.78, 5) is 64.6. The minimum atomic E-state index is -0.838. The number of hydrogen-bond acceptors (Lipinski definition) is 8. The minimum Gasteiger partial charge on any atom is -0.390 e. The Hall–Kier alpha value is -4.94.